The first kappa shape index (κ1) is 13.8. The van der Waals surface area contributed by atoms with Gasteiger partial charge in [-0.15, -0.1) is 11.3 Å². The standard InChI is InChI=1S/C17H12N4OS/c1-11-4-5-15(23-11)16(22)13-10-20-21-14(6-8-19-17(13)21)12-3-2-7-18-9-12/h2-10H,1H3. The van der Waals surface area contributed by atoms with Crippen LogP contribution in [0.1, 0.15) is 20.1 Å². The summed E-state index contributed by atoms with van der Waals surface area (Å²) in [6.07, 6.45) is 6.76. The zero-order chi connectivity index (χ0) is 15.8. The fraction of sp³-hybridized carbons (Fsp3) is 0.0588. The van der Waals surface area contributed by atoms with Gasteiger partial charge >= 0.3 is 0 Å². The maximum absolute atomic E-state index is 12.7. The van der Waals surface area contributed by atoms with Gasteiger partial charge in [-0.3, -0.25) is 9.78 Å². The number of carbonyl (C=O) groups excluding carboxylic acids is 1. The van der Waals surface area contributed by atoms with Gasteiger partial charge < -0.3 is 0 Å². The third-order valence-corrected chi connectivity index (χ3v) is 4.57. The van der Waals surface area contributed by atoms with Crippen molar-refractivity contribution >= 4 is 22.8 Å². The van der Waals surface area contributed by atoms with E-state index in [1.165, 1.54) is 11.3 Å². The zero-order valence-corrected chi connectivity index (χ0v) is 13.1. The molecule has 0 aliphatic carbocycles. The Morgan fingerprint density at radius 1 is 1.13 bits per heavy atom. The molecule has 4 rings (SSSR count). The lowest BCUT2D eigenvalue weighted by Gasteiger charge is -2.04. The fourth-order valence-electron chi connectivity index (χ4n) is 2.47. The third kappa shape index (κ3) is 2.33. The first-order chi connectivity index (χ1) is 11.2. The monoisotopic (exact) mass is 320 g/mol. The van der Waals surface area contributed by atoms with Gasteiger partial charge in [0.2, 0.25) is 5.78 Å². The normalized spacial score (nSPS) is 11.0. The Kier molecular flexibility index (Phi) is 3.24. The van der Waals surface area contributed by atoms with E-state index in [0.717, 1.165) is 16.1 Å². The molecule has 0 fully saturated rings. The first-order valence-electron chi connectivity index (χ1n) is 7.08. The summed E-state index contributed by atoms with van der Waals surface area (Å²) in [5.41, 5.74) is 2.85. The van der Waals surface area contributed by atoms with E-state index in [1.807, 2.05) is 37.3 Å². The van der Waals surface area contributed by atoms with Crippen molar-refractivity contribution in [1.82, 2.24) is 19.6 Å². The Hall–Kier alpha value is -2.86. The molecule has 0 aliphatic heterocycles. The molecule has 0 atom stereocenters. The quantitative estimate of drug-likeness (QED) is 0.543. The molecule has 0 bridgehead atoms. The highest BCUT2D eigenvalue weighted by atomic mass is 32.1. The molecule has 23 heavy (non-hydrogen) atoms. The van der Waals surface area contributed by atoms with Crippen molar-refractivity contribution in [3.8, 4) is 11.3 Å². The van der Waals surface area contributed by atoms with Crippen LogP contribution in [0.25, 0.3) is 16.9 Å². The van der Waals surface area contributed by atoms with Crippen LogP contribution in [0, 0.1) is 6.92 Å². The van der Waals surface area contributed by atoms with E-state index in [9.17, 15) is 4.79 Å². The Labute approximate surface area is 136 Å². The molecule has 0 aliphatic rings. The maximum Gasteiger partial charge on any atom is 0.208 e. The minimum Gasteiger partial charge on any atom is -0.287 e. The number of fused-ring (bicyclic) bond motifs is 1. The van der Waals surface area contributed by atoms with E-state index in [4.69, 9.17) is 0 Å². The molecule has 112 valence electrons. The molecule has 0 aromatic carbocycles. The van der Waals surface area contributed by atoms with Crippen LogP contribution in [0.4, 0.5) is 0 Å². The number of aromatic nitrogens is 4. The molecule has 0 saturated heterocycles. The number of aryl methyl sites for hydroxylation is 1. The fourth-order valence-corrected chi connectivity index (χ4v) is 3.30. The number of rotatable bonds is 3. The molecule has 0 radical (unpaired) electrons. The summed E-state index contributed by atoms with van der Waals surface area (Å²) in [6.45, 7) is 1.98. The van der Waals surface area contributed by atoms with E-state index < -0.39 is 0 Å². The summed E-state index contributed by atoms with van der Waals surface area (Å²) in [5.74, 6) is -0.0473. The summed E-state index contributed by atoms with van der Waals surface area (Å²) in [5, 5.41) is 4.36. The van der Waals surface area contributed by atoms with Crippen molar-refractivity contribution in [2.45, 2.75) is 6.92 Å². The average Bonchev–Trinajstić information content (AvgIpc) is 3.21. The van der Waals surface area contributed by atoms with Crippen molar-refractivity contribution < 1.29 is 4.79 Å². The smallest absolute Gasteiger partial charge is 0.208 e. The Morgan fingerprint density at radius 3 is 2.78 bits per heavy atom. The molecule has 6 heteroatoms. The van der Waals surface area contributed by atoms with E-state index >= 15 is 0 Å². The number of hydrogen-bond donors (Lipinski definition) is 0. The number of pyridine rings is 1. The SMILES string of the molecule is Cc1ccc(C(=O)c2cnn3c(-c4cccnc4)ccnc23)s1. The van der Waals surface area contributed by atoms with Crippen molar-refractivity contribution in [2.24, 2.45) is 0 Å². The highest BCUT2D eigenvalue weighted by Crippen LogP contribution is 2.24. The molecule has 0 N–H and O–H groups in total. The largest absolute Gasteiger partial charge is 0.287 e. The summed E-state index contributed by atoms with van der Waals surface area (Å²) in [6, 6.07) is 9.47. The number of carbonyl (C=O) groups is 1. The van der Waals surface area contributed by atoms with Crippen molar-refractivity contribution in [3.63, 3.8) is 0 Å². The van der Waals surface area contributed by atoms with E-state index in [2.05, 4.69) is 15.1 Å². The van der Waals surface area contributed by atoms with Gasteiger partial charge in [-0.2, -0.15) is 5.10 Å². The zero-order valence-electron chi connectivity index (χ0n) is 12.3. The molecular weight excluding hydrogens is 308 g/mol. The van der Waals surface area contributed by atoms with Crippen LogP contribution in [0.5, 0.6) is 0 Å². The van der Waals surface area contributed by atoms with Gasteiger partial charge in [0, 0.05) is 29.0 Å². The van der Waals surface area contributed by atoms with Crippen LogP contribution >= 0.6 is 11.3 Å². The van der Waals surface area contributed by atoms with Crippen LogP contribution in [0.2, 0.25) is 0 Å². The number of hydrogen-bond acceptors (Lipinski definition) is 5. The maximum atomic E-state index is 12.7. The molecule has 0 unspecified atom stereocenters. The second-order valence-electron chi connectivity index (χ2n) is 5.10. The highest BCUT2D eigenvalue weighted by Gasteiger charge is 2.18. The summed E-state index contributed by atoms with van der Waals surface area (Å²) < 4.78 is 1.69. The molecule has 0 saturated carbocycles. The molecule has 4 aromatic rings. The van der Waals surface area contributed by atoms with E-state index in [-0.39, 0.29) is 5.78 Å². The summed E-state index contributed by atoms with van der Waals surface area (Å²) in [7, 11) is 0. The van der Waals surface area contributed by atoms with Gasteiger partial charge in [0.15, 0.2) is 5.65 Å². The summed E-state index contributed by atoms with van der Waals surface area (Å²) in [4.78, 5) is 23.0. The van der Waals surface area contributed by atoms with Crippen LogP contribution in [0.15, 0.2) is 55.1 Å². The van der Waals surface area contributed by atoms with Gasteiger partial charge in [0.05, 0.1) is 22.3 Å². The number of nitrogens with zero attached hydrogens (tertiary/aromatic N) is 4. The van der Waals surface area contributed by atoms with Crippen molar-refractivity contribution in [3.05, 3.63) is 70.4 Å². The topological polar surface area (TPSA) is 60.2 Å². The lowest BCUT2D eigenvalue weighted by Crippen LogP contribution is -2.01. The first-order valence-corrected chi connectivity index (χ1v) is 7.90. The highest BCUT2D eigenvalue weighted by molar-refractivity contribution is 7.14. The van der Waals surface area contributed by atoms with Crippen LogP contribution in [-0.2, 0) is 0 Å². The second kappa shape index (κ2) is 5.40. The van der Waals surface area contributed by atoms with Gasteiger partial charge in [0.25, 0.3) is 0 Å². The van der Waals surface area contributed by atoms with Gasteiger partial charge in [-0.25, -0.2) is 9.50 Å². The minimum absolute atomic E-state index is 0.0473. The van der Waals surface area contributed by atoms with E-state index in [0.29, 0.717) is 16.1 Å². The molecular formula is C17H12N4OS. The molecule has 0 spiro atoms. The Bertz CT molecular complexity index is 1000. The lowest BCUT2D eigenvalue weighted by atomic mass is 10.2. The lowest BCUT2D eigenvalue weighted by molar-refractivity contribution is 0.104. The molecule has 5 nitrogen and oxygen atoms in total. The van der Waals surface area contributed by atoms with Crippen LogP contribution in [-0.4, -0.2) is 25.4 Å². The van der Waals surface area contributed by atoms with Crippen LogP contribution in [0.3, 0.4) is 0 Å². The van der Waals surface area contributed by atoms with Crippen LogP contribution < -0.4 is 0 Å². The molecule has 0 amide bonds. The number of ketones is 1. The minimum atomic E-state index is -0.0473. The second-order valence-corrected chi connectivity index (χ2v) is 6.39. The van der Waals surface area contributed by atoms with Gasteiger partial charge in [-0.05, 0) is 37.3 Å². The molecule has 4 aromatic heterocycles. The van der Waals surface area contributed by atoms with Gasteiger partial charge in [-0.1, -0.05) is 0 Å². The molecule has 4 heterocycles. The predicted molar refractivity (Wildman–Crippen MR) is 88.7 cm³/mol. The summed E-state index contributed by atoms with van der Waals surface area (Å²) >= 11 is 1.48. The van der Waals surface area contributed by atoms with Crippen molar-refractivity contribution in [2.75, 3.05) is 0 Å². The van der Waals surface area contributed by atoms with Crippen molar-refractivity contribution in [1.29, 1.82) is 0 Å². The predicted octanol–water partition coefficient (Wildman–Crippen LogP) is 3.39. The Morgan fingerprint density at radius 2 is 2.04 bits per heavy atom. The van der Waals surface area contributed by atoms with E-state index in [1.54, 1.807) is 29.3 Å². The van der Waals surface area contributed by atoms with Gasteiger partial charge in [0.1, 0.15) is 0 Å². The third-order valence-electron chi connectivity index (χ3n) is 3.57. The average molecular weight is 320 g/mol. The number of thiophene rings is 1. The Balaban J connectivity index is 1.87.